The molecule has 0 bridgehead atoms. The highest BCUT2D eigenvalue weighted by molar-refractivity contribution is 5.70. The molecular weight excluding hydrogens is 222 g/mol. The number of hydrogen-bond donors (Lipinski definition) is 1. The predicted molar refractivity (Wildman–Crippen MR) is 62.6 cm³/mol. The van der Waals surface area contributed by atoms with Gasteiger partial charge < -0.3 is 19.5 Å². The van der Waals surface area contributed by atoms with Gasteiger partial charge in [-0.05, 0) is 12.1 Å². The largest absolute Gasteiger partial charge is 0.481 e. The average molecular weight is 237 g/mol. The van der Waals surface area contributed by atoms with E-state index in [0.29, 0.717) is 12.3 Å². The zero-order chi connectivity index (χ0) is 12.4. The summed E-state index contributed by atoms with van der Waals surface area (Å²) in [4.78, 5) is 12.7. The summed E-state index contributed by atoms with van der Waals surface area (Å²) in [5, 5.41) is 8.86. The topological polar surface area (TPSA) is 59.0 Å². The van der Waals surface area contributed by atoms with Crippen LogP contribution in [0, 0.1) is 5.92 Å². The molecule has 0 radical (unpaired) electrons. The maximum Gasteiger partial charge on any atom is 0.308 e. The van der Waals surface area contributed by atoms with Crippen molar-refractivity contribution in [2.75, 3.05) is 25.3 Å². The number of rotatable bonds is 4. The molecule has 0 aromatic heterocycles. The zero-order valence-corrected chi connectivity index (χ0v) is 9.84. The minimum absolute atomic E-state index is 0.244. The summed E-state index contributed by atoms with van der Waals surface area (Å²) in [7, 11) is 1.86. The lowest BCUT2D eigenvalue weighted by Crippen LogP contribution is -2.28. The summed E-state index contributed by atoms with van der Waals surface area (Å²) >= 11 is 0. The molecule has 1 aliphatic heterocycles. The fourth-order valence-electron chi connectivity index (χ4n) is 1.72. The molecule has 1 atom stereocenters. The normalized spacial score (nSPS) is 14.5. The van der Waals surface area contributed by atoms with E-state index in [0.717, 1.165) is 11.4 Å². The Kier molecular flexibility index (Phi) is 3.08. The van der Waals surface area contributed by atoms with E-state index in [1.54, 1.807) is 6.92 Å². The minimum Gasteiger partial charge on any atom is -0.481 e. The van der Waals surface area contributed by atoms with Gasteiger partial charge in [0.15, 0.2) is 11.5 Å². The second kappa shape index (κ2) is 4.53. The van der Waals surface area contributed by atoms with Gasteiger partial charge in [-0.15, -0.1) is 0 Å². The number of carboxylic acids is 1. The van der Waals surface area contributed by atoms with E-state index in [9.17, 15) is 4.79 Å². The van der Waals surface area contributed by atoms with Crippen LogP contribution in [-0.2, 0) is 4.79 Å². The van der Waals surface area contributed by atoms with Crippen molar-refractivity contribution in [1.82, 2.24) is 0 Å². The Morgan fingerprint density at radius 1 is 1.47 bits per heavy atom. The number of nitrogens with zero attached hydrogens (tertiary/aromatic N) is 1. The van der Waals surface area contributed by atoms with E-state index in [2.05, 4.69) is 0 Å². The fourth-order valence-corrected chi connectivity index (χ4v) is 1.72. The Morgan fingerprint density at radius 3 is 2.88 bits per heavy atom. The van der Waals surface area contributed by atoms with Crippen LogP contribution in [0.5, 0.6) is 11.5 Å². The molecule has 1 aromatic rings. The summed E-state index contributed by atoms with van der Waals surface area (Å²) < 4.78 is 10.5. The molecule has 0 saturated carbocycles. The van der Waals surface area contributed by atoms with Gasteiger partial charge in [-0.25, -0.2) is 0 Å². The van der Waals surface area contributed by atoms with E-state index >= 15 is 0 Å². The second-order valence-electron chi connectivity index (χ2n) is 4.16. The highest BCUT2D eigenvalue weighted by atomic mass is 16.7. The minimum atomic E-state index is -0.794. The first-order chi connectivity index (χ1) is 8.08. The first-order valence-electron chi connectivity index (χ1n) is 5.41. The lowest BCUT2D eigenvalue weighted by Gasteiger charge is -2.21. The summed E-state index contributed by atoms with van der Waals surface area (Å²) in [6.07, 6.45) is 0. The Labute approximate surface area is 99.6 Å². The van der Waals surface area contributed by atoms with Gasteiger partial charge in [0, 0.05) is 25.3 Å². The van der Waals surface area contributed by atoms with Crippen LogP contribution in [0.4, 0.5) is 5.69 Å². The van der Waals surface area contributed by atoms with E-state index < -0.39 is 11.9 Å². The molecule has 2 rings (SSSR count). The third kappa shape index (κ3) is 2.43. The quantitative estimate of drug-likeness (QED) is 0.861. The van der Waals surface area contributed by atoms with Gasteiger partial charge in [0.1, 0.15) is 0 Å². The Hall–Kier alpha value is -1.91. The molecule has 1 N–H and O–H groups in total. The maximum atomic E-state index is 10.8. The SMILES string of the molecule is CC(CN(C)c1ccc2c(c1)OCO2)C(=O)O. The van der Waals surface area contributed by atoms with Crippen molar-refractivity contribution in [2.24, 2.45) is 5.92 Å². The third-order valence-corrected chi connectivity index (χ3v) is 2.77. The highest BCUT2D eigenvalue weighted by Gasteiger charge is 2.17. The molecule has 5 heteroatoms. The van der Waals surface area contributed by atoms with Crippen molar-refractivity contribution >= 4 is 11.7 Å². The molecule has 0 saturated heterocycles. The number of anilines is 1. The number of hydrogen-bond acceptors (Lipinski definition) is 4. The molecular formula is C12H15NO4. The molecule has 1 aromatic carbocycles. The van der Waals surface area contributed by atoms with Crippen LogP contribution in [0.15, 0.2) is 18.2 Å². The van der Waals surface area contributed by atoms with Crippen LogP contribution in [0.25, 0.3) is 0 Å². The van der Waals surface area contributed by atoms with E-state index in [-0.39, 0.29) is 6.79 Å². The molecule has 1 heterocycles. The van der Waals surface area contributed by atoms with Gasteiger partial charge in [0.05, 0.1) is 5.92 Å². The molecule has 0 amide bonds. The Balaban J connectivity index is 2.09. The number of fused-ring (bicyclic) bond motifs is 1. The maximum absolute atomic E-state index is 10.8. The third-order valence-electron chi connectivity index (χ3n) is 2.77. The second-order valence-corrected chi connectivity index (χ2v) is 4.16. The number of aliphatic carboxylic acids is 1. The molecule has 0 fully saturated rings. The van der Waals surface area contributed by atoms with Crippen LogP contribution >= 0.6 is 0 Å². The van der Waals surface area contributed by atoms with Gasteiger partial charge in [0.2, 0.25) is 6.79 Å². The zero-order valence-electron chi connectivity index (χ0n) is 9.84. The van der Waals surface area contributed by atoms with Gasteiger partial charge >= 0.3 is 5.97 Å². The van der Waals surface area contributed by atoms with Crippen LogP contribution in [0.3, 0.4) is 0 Å². The van der Waals surface area contributed by atoms with Crippen LogP contribution < -0.4 is 14.4 Å². The standard InChI is InChI=1S/C12H15NO4/c1-8(12(14)15)6-13(2)9-3-4-10-11(5-9)17-7-16-10/h3-5,8H,6-7H2,1-2H3,(H,14,15). The summed E-state index contributed by atoms with van der Waals surface area (Å²) in [6.45, 7) is 2.38. The van der Waals surface area contributed by atoms with Gasteiger partial charge in [-0.1, -0.05) is 6.92 Å². The molecule has 1 aliphatic rings. The summed E-state index contributed by atoms with van der Waals surface area (Å²) in [6, 6.07) is 5.58. The molecule has 92 valence electrons. The van der Waals surface area contributed by atoms with Crippen molar-refractivity contribution in [3.63, 3.8) is 0 Å². The van der Waals surface area contributed by atoms with Crippen molar-refractivity contribution < 1.29 is 19.4 Å². The van der Waals surface area contributed by atoms with Crippen LogP contribution in [0.1, 0.15) is 6.92 Å². The van der Waals surface area contributed by atoms with Gasteiger partial charge in [0.25, 0.3) is 0 Å². The summed E-state index contributed by atoms with van der Waals surface area (Å²) in [5.41, 5.74) is 0.919. The van der Waals surface area contributed by atoms with Crippen molar-refractivity contribution in [3.05, 3.63) is 18.2 Å². The lowest BCUT2D eigenvalue weighted by molar-refractivity contribution is -0.140. The first kappa shape index (κ1) is 11.6. The average Bonchev–Trinajstić information content (AvgIpc) is 2.75. The number of benzene rings is 1. The molecule has 1 unspecified atom stereocenters. The first-order valence-corrected chi connectivity index (χ1v) is 5.41. The smallest absolute Gasteiger partial charge is 0.308 e. The summed E-state index contributed by atoms with van der Waals surface area (Å²) in [5.74, 6) is 0.230. The van der Waals surface area contributed by atoms with Crippen molar-refractivity contribution in [1.29, 1.82) is 0 Å². The van der Waals surface area contributed by atoms with Crippen molar-refractivity contribution in [2.45, 2.75) is 6.92 Å². The molecule has 0 aliphatic carbocycles. The van der Waals surface area contributed by atoms with E-state index in [1.807, 2.05) is 30.1 Å². The number of carboxylic acid groups (broad SMARTS) is 1. The lowest BCUT2D eigenvalue weighted by atomic mass is 10.1. The molecule has 0 spiro atoms. The van der Waals surface area contributed by atoms with Gasteiger partial charge in [-0.3, -0.25) is 4.79 Å². The monoisotopic (exact) mass is 237 g/mol. The Morgan fingerprint density at radius 2 is 2.18 bits per heavy atom. The highest BCUT2D eigenvalue weighted by Crippen LogP contribution is 2.35. The number of ether oxygens (including phenoxy) is 2. The van der Waals surface area contributed by atoms with E-state index in [1.165, 1.54) is 0 Å². The fraction of sp³-hybridized carbons (Fsp3) is 0.417. The van der Waals surface area contributed by atoms with Crippen LogP contribution in [-0.4, -0.2) is 31.5 Å². The van der Waals surface area contributed by atoms with E-state index in [4.69, 9.17) is 14.6 Å². The van der Waals surface area contributed by atoms with Crippen LogP contribution in [0.2, 0.25) is 0 Å². The van der Waals surface area contributed by atoms with Gasteiger partial charge in [-0.2, -0.15) is 0 Å². The molecule has 17 heavy (non-hydrogen) atoms. The Bertz CT molecular complexity index is 433. The van der Waals surface area contributed by atoms with Crippen molar-refractivity contribution in [3.8, 4) is 11.5 Å². The predicted octanol–water partition coefficient (Wildman–Crippen LogP) is 1.57. The molecule has 5 nitrogen and oxygen atoms in total. The number of carbonyl (C=O) groups is 1.